The fourth-order valence-corrected chi connectivity index (χ4v) is 2.74. The highest BCUT2D eigenvalue weighted by molar-refractivity contribution is 6.05. The Kier molecular flexibility index (Phi) is 4.28. The molecule has 114 valence electrons. The molecule has 2 aromatic carbocycles. The van der Waals surface area contributed by atoms with Crippen molar-refractivity contribution in [2.45, 2.75) is 12.8 Å². The van der Waals surface area contributed by atoms with Crippen LogP contribution in [0.2, 0.25) is 0 Å². The molecule has 0 radical (unpaired) electrons. The molecule has 0 spiro atoms. The van der Waals surface area contributed by atoms with Crippen LogP contribution >= 0.6 is 0 Å². The molecule has 0 unspecified atom stereocenters. The Balaban J connectivity index is 1.72. The van der Waals surface area contributed by atoms with E-state index in [1.807, 2.05) is 48.5 Å². The van der Waals surface area contributed by atoms with Crippen LogP contribution in [0.4, 0.5) is 11.4 Å². The number of rotatable bonds is 4. The van der Waals surface area contributed by atoms with Crippen molar-refractivity contribution in [1.29, 1.82) is 0 Å². The van der Waals surface area contributed by atoms with Crippen LogP contribution in [0.15, 0.2) is 48.5 Å². The second-order valence-corrected chi connectivity index (χ2v) is 5.40. The number of benzene rings is 2. The van der Waals surface area contributed by atoms with Gasteiger partial charge in [-0.3, -0.25) is 4.79 Å². The highest BCUT2D eigenvalue weighted by atomic mass is 16.5. The molecule has 2 aromatic rings. The Hall–Kier alpha value is -2.49. The van der Waals surface area contributed by atoms with E-state index < -0.39 is 0 Å². The van der Waals surface area contributed by atoms with Gasteiger partial charge in [0.25, 0.3) is 5.91 Å². The standard InChI is InChI=1S/C18H20N2O2/c1-22-17-7-3-2-6-16(17)19-18(21)14-8-10-15(11-9-14)20-12-4-5-13-20/h2-3,6-11H,4-5,12-13H2,1H3,(H,19,21). The maximum Gasteiger partial charge on any atom is 0.255 e. The van der Waals surface area contributed by atoms with Crippen LogP contribution in [0.25, 0.3) is 0 Å². The fourth-order valence-electron chi connectivity index (χ4n) is 2.74. The molecule has 1 N–H and O–H groups in total. The maximum atomic E-state index is 12.3. The van der Waals surface area contributed by atoms with Gasteiger partial charge in [0, 0.05) is 24.3 Å². The normalized spacial score (nSPS) is 14.0. The molecule has 0 aliphatic carbocycles. The molecular formula is C18H20N2O2. The first-order chi connectivity index (χ1) is 10.8. The molecule has 1 fully saturated rings. The summed E-state index contributed by atoms with van der Waals surface area (Å²) in [4.78, 5) is 14.7. The first-order valence-electron chi connectivity index (χ1n) is 7.57. The monoisotopic (exact) mass is 296 g/mol. The van der Waals surface area contributed by atoms with E-state index in [9.17, 15) is 4.79 Å². The zero-order valence-electron chi connectivity index (χ0n) is 12.7. The lowest BCUT2D eigenvalue weighted by molar-refractivity contribution is 0.102. The number of amides is 1. The van der Waals surface area contributed by atoms with E-state index in [2.05, 4.69) is 10.2 Å². The summed E-state index contributed by atoms with van der Waals surface area (Å²) in [5, 5.41) is 2.89. The Morgan fingerprint density at radius 3 is 2.41 bits per heavy atom. The van der Waals surface area contributed by atoms with Gasteiger partial charge in [0.2, 0.25) is 0 Å². The Morgan fingerprint density at radius 1 is 1.05 bits per heavy atom. The fraction of sp³-hybridized carbons (Fsp3) is 0.278. The summed E-state index contributed by atoms with van der Waals surface area (Å²) in [5.41, 5.74) is 2.51. The summed E-state index contributed by atoms with van der Waals surface area (Å²) in [7, 11) is 1.59. The minimum Gasteiger partial charge on any atom is -0.495 e. The molecule has 0 saturated carbocycles. The van der Waals surface area contributed by atoms with Gasteiger partial charge in [-0.2, -0.15) is 0 Å². The van der Waals surface area contributed by atoms with E-state index in [0.717, 1.165) is 13.1 Å². The lowest BCUT2D eigenvalue weighted by Crippen LogP contribution is -2.18. The number of hydrogen-bond acceptors (Lipinski definition) is 3. The largest absolute Gasteiger partial charge is 0.495 e. The summed E-state index contributed by atoms with van der Waals surface area (Å²) in [6.45, 7) is 2.21. The lowest BCUT2D eigenvalue weighted by atomic mass is 10.1. The summed E-state index contributed by atoms with van der Waals surface area (Å²) in [6.07, 6.45) is 2.49. The Bertz CT molecular complexity index is 646. The summed E-state index contributed by atoms with van der Waals surface area (Å²) >= 11 is 0. The average Bonchev–Trinajstić information content (AvgIpc) is 3.10. The predicted octanol–water partition coefficient (Wildman–Crippen LogP) is 3.55. The maximum absolute atomic E-state index is 12.3. The number of carbonyl (C=O) groups excluding carboxylic acids is 1. The highest BCUT2D eigenvalue weighted by Crippen LogP contribution is 2.24. The number of hydrogen-bond donors (Lipinski definition) is 1. The topological polar surface area (TPSA) is 41.6 Å². The van der Waals surface area contributed by atoms with E-state index in [0.29, 0.717) is 17.0 Å². The molecule has 0 aromatic heterocycles. The van der Waals surface area contributed by atoms with E-state index in [-0.39, 0.29) is 5.91 Å². The Labute approximate surface area is 130 Å². The second kappa shape index (κ2) is 6.52. The number of ether oxygens (including phenoxy) is 1. The van der Waals surface area contributed by atoms with Gasteiger partial charge in [0.1, 0.15) is 5.75 Å². The number of carbonyl (C=O) groups is 1. The van der Waals surface area contributed by atoms with Crippen LogP contribution in [-0.4, -0.2) is 26.1 Å². The second-order valence-electron chi connectivity index (χ2n) is 5.40. The summed E-state index contributed by atoms with van der Waals surface area (Å²) < 4.78 is 5.25. The van der Waals surface area contributed by atoms with Crippen LogP contribution in [0, 0.1) is 0 Å². The molecule has 22 heavy (non-hydrogen) atoms. The third-order valence-electron chi connectivity index (χ3n) is 3.96. The molecule has 0 atom stereocenters. The van der Waals surface area contributed by atoms with E-state index in [4.69, 9.17) is 4.74 Å². The van der Waals surface area contributed by atoms with Crippen molar-refractivity contribution in [2.75, 3.05) is 30.4 Å². The molecule has 1 heterocycles. The molecule has 0 bridgehead atoms. The van der Waals surface area contributed by atoms with Crippen LogP contribution in [0.1, 0.15) is 23.2 Å². The molecule has 4 nitrogen and oxygen atoms in total. The SMILES string of the molecule is COc1ccccc1NC(=O)c1ccc(N2CCCC2)cc1. The van der Waals surface area contributed by atoms with Crippen LogP contribution < -0.4 is 15.0 Å². The van der Waals surface area contributed by atoms with Gasteiger partial charge < -0.3 is 15.0 Å². The van der Waals surface area contributed by atoms with Gasteiger partial charge in [0.15, 0.2) is 0 Å². The molecule has 4 heteroatoms. The molecule has 1 aliphatic rings. The summed E-state index contributed by atoms with van der Waals surface area (Å²) in [5.74, 6) is 0.530. The van der Waals surface area contributed by atoms with Gasteiger partial charge >= 0.3 is 0 Å². The van der Waals surface area contributed by atoms with Crippen molar-refractivity contribution in [3.8, 4) is 5.75 Å². The van der Waals surface area contributed by atoms with Crippen LogP contribution in [0.3, 0.4) is 0 Å². The zero-order chi connectivity index (χ0) is 15.4. The van der Waals surface area contributed by atoms with Crippen molar-refractivity contribution in [2.24, 2.45) is 0 Å². The molecule has 1 aliphatic heterocycles. The van der Waals surface area contributed by atoms with E-state index >= 15 is 0 Å². The van der Waals surface area contributed by atoms with Crippen LogP contribution in [-0.2, 0) is 0 Å². The average molecular weight is 296 g/mol. The van der Waals surface area contributed by atoms with Gasteiger partial charge in [-0.15, -0.1) is 0 Å². The van der Waals surface area contributed by atoms with Gasteiger partial charge in [0.05, 0.1) is 12.8 Å². The predicted molar refractivity (Wildman–Crippen MR) is 88.8 cm³/mol. The van der Waals surface area contributed by atoms with Gasteiger partial charge in [-0.25, -0.2) is 0 Å². The van der Waals surface area contributed by atoms with Crippen molar-refractivity contribution in [1.82, 2.24) is 0 Å². The number of methoxy groups -OCH3 is 1. The third-order valence-corrected chi connectivity index (χ3v) is 3.96. The quantitative estimate of drug-likeness (QED) is 0.938. The number of nitrogens with zero attached hydrogens (tertiary/aromatic N) is 1. The van der Waals surface area contributed by atoms with Crippen molar-refractivity contribution in [3.05, 3.63) is 54.1 Å². The molecule has 1 amide bonds. The number of para-hydroxylation sites is 2. The first-order valence-corrected chi connectivity index (χ1v) is 7.57. The zero-order valence-corrected chi connectivity index (χ0v) is 12.7. The molecular weight excluding hydrogens is 276 g/mol. The molecule has 1 saturated heterocycles. The van der Waals surface area contributed by atoms with E-state index in [1.165, 1.54) is 18.5 Å². The third kappa shape index (κ3) is 3.06. The van der Waals surface area contributed by atoms with Crippen LogP contribution in [0.5, 0.6) is 5.75 Å². The Morgan fingerprint density at radius 2 is 1.73 bits per heavy atom. The van der Waals surface area contributed by atoms with Gasteiger partial charge in [-0.05, 0) is 49.2 Å². The van der Waals surface area contributed by atoms with Crippen molar-refractivity contribution in [3.63, 3.8) is 0 Å². The number of nitrogens with one attached hydrogen (secondary N) is 1. The molecule has 3 rings (SSSR count). The lowest BCUT2D eigenvalue weighted by Gasteiger charge is -2.17. The first kappa shape index (κ1) is 14.4. The smallest absolute Gasteiger partial charge is 0.255 e. The minimum absolute atomic E-state index is 0.127. The number of anilines is 2. The highest BCUT2D eigenvalue weighted by Gasteiger charge is 2.13. The van der Waals surface area contributed by atoms with Crippen molar-refractivity contribution < 1.29 is 9.53 Å². The minimum atomic E-state index is -0.127. The van der Waals surface area contributed by atoms with Crippen molar-refractivity contribution >= 4 is 17.3 Å². The van der Waals surface area contributed by atoms with Gasteiger partial charge in [-0.1, -0.05) is 12.1 Å². The van der Waals surface area contributed by atoms with E-state index in [1.54, 1.807) is 7.11 Å². The summed E-state index contributed by atoms with van der Waals surface area (Å²) in [6, 6.07) is 15.2.